The average molecular weight is 194 g/mol. The van der Waals surface area contributed by atoms with Crippen molar-refractivity contribution in [1.29, 1.82) is 0 Å². The maximum atomic E-state index is 13.1. The van der Waals surface area contributed by atoms with Gasteiger partial charge in [-0.15, -0.1) is 11.3 Å². The molecule has 0 aliphatic rings. The third-order valence-electron chi connectivity index (χ3n) is 2.04. The van der Waals surface area contributed by atoms with Gasteiger partial charge in [0.15, 0.2) is 5.13 Å². The Kier molecular flexibility index (Phi) is 1.88. The van der Waals surface area contributed by atoms with Crippen molar-refractivity contribution in [2.75, 3.05) is 0 Å². The van der Waals surface area contributed by atoms with Crippen LogP contribution in [0.3, 0.4) is 0 Å². The molecule has 1 aromatic carbocycles. The Hall–Kier alpha value is -1.22. The number of halogens is 1. The molecule has 0 spiro atoms. The summed E-state index contributed by atoms with van der Waals surface area (Å²) in [6.45, 7) is 1.72. The van der Waals surface area contributed by atoms with Crippen LogP contribution in [0.1, 0.15) is 15.9 Å². The van der Waals surface area contributed by atoms with Gasteiger partial charge < -0.3 is 0 Å². The number of thiophene rings is 1. The number of aldehydes is 1. The number of carbonyl (C=O) groups is 1. The van der Waals surface area contributed by atoms with Gasteiger partial charge in [0.1, 0.15) is 6.29 Å². The first-order chi connectivity index (χ1) is 6.22. The van der Waals surface area contributed by atoms with Crippen LogP contribution in [0.25, 0.3) is 10.1 Å². The highest BCUT2D eigenvalue weighted by Gasteiger charge is 2.07. The van der Waals surface area contributed by atoms with Crippen molar-refractivity contribution in [3.8, 4) is 0 Å². The van der Waals surface area contributed by atoms with E-state index in [2.05, 4.69) is 0 Å². The highest BCUT2D eigenvalue weighted by molar-refractivity contribution is 7.17. The molecule has 0 amide bonds. The van der Waals surface area contributed by atoms with Crippen LogP contribution in [-0.2, 0) is 0 Å². The summed E-state index contributed by atoms with van der Waals surface area (Å²) in [5.74, 6) is 0. The molecule has 0 saturated carbocycles. The SMILES string of the molecule is Cc1c(F)sc2ccc(C=O)cc12. The lowest BCUT2D eigenvalue weighted by atomic mass is 10.1. The summed E-state index contributed by atoms with van der Waals surface area (Å²) < 4.78 is 14.0. The Bertz CT molecular complexity index is 473. The van der Waals surface area contributed by atoms with Gasteiger partial charge in [-0.3, -0.25) is 4.79 Å². The molecule has 0 fully saturated rings. The van der Waals surface area contributed by atoms with Gasteiger partial charge in [0.05, 0.1) is 0 Å². The number of aryl methyl sites for hydroxylation is 1. The second-order valence-electron chi connectivity index (χ2n) is 2.87. The van der Waals surface area contributed by atoms with Crippen LogP contribution in [0.4, 0.5) is 4.39 Å². The summed E-state index contributed by atoms with van der Waals surface area (Å²) >= 11 is 1.12. The van der Waals surface area contributed by atoms with E-state index in [9.17, 15) is 9.18 Å². The molecule has 0 aliphatic carbocycles. The van der Waals surface area contributed by atoms with Crippen molar-refractivity contribution < 1.29 is 9.18 Å². The Balaban J connectivity index is 2.81. The van der Waals surface area contributed by atoms with Crippen LogP contribution in [0.15, 0.2) is 18.2 Å². The van der Waals surface area contributed by atoms with Crippen LogP contribution in [0.5, 0.6) is 0 Å². The summed E-state index contributed by atoms with van der Waals surface area (Å²) in [6.07, 6.45) is 0.772. The smallest absolute Gasteiger partial charge is 0.180 e. The average Bonchev–Trinajstić information content (AvgIpc) is 2.43. The third kappa shape index (κ3) is 1.25. The molecule has 0 N–H and O–H groups in total. The molecule has 2 aromatic rings. The van der Waals surface area contributed by atoms with Crippen LogP contribution < -0.4 is 0 Å². The van der Waals surface area contributed by atoms with Crippen LogP contribution >= 0.6 is 11.3 Å². The summed E-state index contributed by atoms with van der Waals surface area (Å²) in [7, 11) is 0. The standard InChI is InChI=1S/C10H7FOS/c1-6-8-4-7(5-12)2-3-9(8)13-10(6)11/h2-5H,1H3. The second kappa shape index (κ2) is 2.92. The molecule has 0 saturated heterocycles. The van der Waals surface area contributed by atoms with Gasteiger partial charge in [0.2, 0.25) is 0 Å². The van der Waals surface area contributed by atoms with Gasteiger partial charge >= 0.3 is 0 Å². The van der Waals surface area contributed by atoms with Crippen LogP contribution in [0, 0.1) is 12.1 Å². The lowest BCUT2D eigenvalue weighted by Gasteiger charge is -1.92. The van der Waals surface area contributed by atoms with E-state index in [0.717, 1.165) is 27.7 Å². The molecule has 0 bridgehead atoms. The summed E-state index contributed by atoms with van der Waals surface area (Å²) in [5, 5.41) is 0.671. The normalized spacial score (nSPS) is 10.6. The fraction of sp³-hybridized carbons (Fsp3) is 0.100. The van der Waals surface area contributed by atoms with Gasteiger partial charge in [-0.05, 0) is 24.4 Å². The van der Waals surface area contributed by atoms with E-state index in [1.54, 1.807) is 25.1 Å². The Morgan fingerprint density at radius 2 is 2.23 bits per heavy atom. The van der Waals surface area contributed by atoms with Crippen molar-refractivity contribution in [3.63, 3.8) is 0 Å². The highest BCUT2D eigenvalue weighted by Crippen LogP contribution is 2.29. The van der Waals surface area contributed by atoms with E-state index in [-0.39, 0.29) is 5.13 Å². The Morgan fingerprint density at radius 3 is 2.92 bits per heavy atom. The topological polar surface area (TPSA) is 17.1 Å². The molecular weight excluding hydrogens is 187 g/mol. The van der Waals surface area contributed by atoms with Gasteiger partial charge in [0, 0.05) is 15.8 Å². The predicted molar refractivity (Wildman–Crippen MR) is 51.9 cm³/mol. The van der Waals surface area contributed by atoms with Crippen LogP contribution in [-0.4, -0.2) is 6.29 Å². The third-order valence-corrected chi connectivity index (χ3v) is 3.10. The van der Waals surface area contributed by atoms with Crippen molar-refractivity contribution in [1.82, 2.24) is 0 Å². The number of fused-ring (bicyclic) bond motifs is 1. The first kappa shape index (κ1) is 8.38. The van der Waals surface area contributed by atoms with Gasteiger partial charge in [-0.2, -0.15) is 4.39 Å². The van der Waals surface area contributed by atoms with Crippen molar-refractivity contribution in [2.24, 2.45) is 0 Å². The van der Waals surface area contributed by atoms with E-state index in [1.807, 2.05) is 0 Å². The summed E-state index contributed by atoms with van der Waals surface area (Å²) in [6, 6.07) is 5.20. The monoisotopic (exact) mass is 194 g/mol. The fourth-order valence-corrected chi connectivity index (χ4v) is 2.20. The van der Waals surface area contributed by atoms with Crippen molar-refractivity contribution >= 4 is 27.7 Å². The number of carbonyl (C=O) groups excluding carboxylic acids is 1. The minimum Gasteiger partial charge on any atom is -0.298 e. The maximum absolute atomic E-state index is 13.1. The number of benzene rings is 1. The van der Waals surface area contributed by atoms with Crippen LogP contribution in [0.2, 0.25) is 0 Å². The Morgan fingerprint density at radius 1 is 1.46 bits per heavy atom. The molecule has 1 aromatic heterocycles. The second-order valence-corrected chi connectivity index (χ2v) is 3.88. The molecule has 0 unspecified atom stereocenters. The lowest BCUT2D eigenvalue weighted by Crippen LogP contribution is -1.78. The predicted octanol–water partition coefficient (Wildman–Crippen LogP) is 3.16. The summed E-state index contributed by atoms with van der Waals surface area (Å²) in [5.41, 5.74) is 1.22. The molecule has 66 valence electrons. The minimum atomic E-state index is -0.168. The zero-order valence-electron chi connectivity index (χ0n) is 7.00. The van der Waals surface area contributed by atoms with Gasteiger partial charge in [0.25, 0.3) is 0 Å². The van der Waals surface area contributed by atoms with E-state index < -0.39 is 0 Å². The molecular formula is C10H7FOS. The van der Waals surface area contributed by atoms with E-state index >= 15 is 0 Å². The van der Waals surface area contributed by atoms with E-state index in [4.69, 9.17) is 0 Å². The van der Waals surface area contributed by atoms with Gasteiger partial charge in [-0.25, -0.2) is 0 Å². The quantitative estimate of drug-likeness (QED) is 0.637. The molecule has 2 rings (SSSR count). The molecule has 0 atom stereocenters. The molecule has 1 nitrogen and oxygen atoms in total. The highest BCUT2D eigenvalue weighted by atomic mass is 32.1. The number of hydrogen-bond acceptors (Lipinski definition) is 2. The van der Waals surface area contributed by atoms with E-state index in [0.29, 0.717) is 11.1 Å². The van der Waals surface area contributed by atoms with E-state index in [1.165, 1.54) is 0 Å². The maximum Gasteiger partial charge on any atom is 0.180 e. The number of rotatable bonds is 1. The van der Waals surface area contributed by atoms with Gasteiger partial charge in [-0.1, -0.05) is 6.07 Å². The lowest BCUT2D eigenvalue weighted by molar-refractivity contribution is 0.112. The zero-order valence-corrected chi connectivity index (χ0v) is 7.82. The molecule has 3 heteroatoms. The molecule has 13 heavy (non-hydrogen) atoms. The Labute approximate surface area is 78.8 Å². The fourth-order valence-electron chi connectivity index (χ4n) is 1.28. The van der Waals surface area contributed by atoms with Crippen molar-refractivity contribution in [2.45, 2.75) is 6.92 Å². The first-order valence-electron chi connectivity index (χ1n) is 3.86. The largest absolute Gasteiger partial charge is 0.298 e. The summed E-state index contributed by atoms with van der Waals surface area (Å²) in [4.78, 5) is 10.5. The molecule has 0 aliphatic heterocycles. The zero-order chi connectivity index (χ0) is 9.42. The minimum absolute atomic E-state index is 0.168. The molecule has 1 heterocycles. The number of hydrogen-bond donors (Lipinski definition) is 0. The van der Waals surface area contributed by atoms with Crippen molar-refractivity contribution in [3.05, 3.63) is 34.5 Å². The molecule has 0 radical (unpaired) electrons. The first-order valence-corrected chi connectivity index (χ1v) is 4.68.